The van der Waals surface area contributed by atoms with E-state index >= 15 is 0 Å². The Morgan fingerprint density at radius 3 is 2.40 bits per heavy atom. The summed E-state index contributed by atoms with van der Waals surface area (Å²) in [6, 6.07) is 11.9. The number of carbonyl (C=O) groups excluding carboxylic acids is 1. The van der Waals surface area contributed by atoms with Crippen LogP contribution in [0.1, 0.15) is 24.5 Å². The van der Waals surface area contributed by atoms with Crippen molar-refractivity contribution in [2.24, 2.45) is 0 Å². The maximum Gasteiger partial charge on any atom is 0.240 e. The minimum Gasteiger partial charge on any atom is -0.326 e. The van der Waals surface area contributed by atoms with E-state index in [9.17, 15) is 13.2 Å². The van der Waals surface area contributed by atoms with Gasteiger partial charge >= 0.3 is 0 Å². The second-order valence-corrected chi connectivity index (χ2v) is 7.83. The van der Waals surface area contributed by atoms with Gasteiger partial charge in [-0.25, -0.2) is 13.1 Å². The Kier molecular flexibility index (Phi) is 6.58. The van der Waals surface area contributed by atoms with E-state index in [1.165, 1.54) is 0 Å². The van der Waals surface area contributed by atoms with Gasteiger partial charge in [-0.3, -0.25) is 4.79 Å². The van der Waals surface area contributed by atoms with E-state index < -0.39 is 10.0 Å². The largest absolute Gasteiger partial charge is 0.326 e. The molecule has 2 rings (SSSR count). The van der Waals surface area contributed by atoms with Crippen molar-refractivity contribution in [3.8, 4) is 0 Å². The molecule has 0 radical (unpaired) electrons. The topological polar surface area (TPSA) is 75.3 Å². The van der Waals surface area contributed by atoms with E-state index in [0.29, 0.717) is 30.1 Å². The van der Waals surface area contributed by atoms with E-state index in [-0.39, 0.29) is 10.8 Å². The molecule has 0 aliphatic heterocycles. The van der Waals surface area contributed by atoms with Crippen molar-refractivity contribution < 1.29 is 13.2 Å². The van der Waals surface area contributed by atoms with Crippen LogP contribution in [-0.2, 0) is 21.2 Å². The fourth-order valence-corrected chi connectivity index (χ4v) is 3.48. The number of nitrogens with one attached hydrogen (secondary N) is 2. The molecule has 0 heterocycles. The van der Waals surface area contributed by atoms with Gasteiger partial charge in [0.2, 0.25) is 15.9 Å². The number of halogens is 1. The van der Waals surface area contributed by atoms with Gasteiger partial charge in [-0.05, 0) is 48.7 Å². The number of hydrogen-bond acceptors (Lipinski definition) is 3. The van der Waals surface area contributed by atoms with Gasteiger partial charge in [-0.2, -0.15) is 0 Å². The zero-order valence-corrected chi connectivity index (χ0v) is 15.7. The monoisotopic (exact) mass is 380 g/mol. The van der Waals surface area contributed by atoms with E-state index in [1.807, 2.05) is 13.0 Å². The molecule has 25 heavy (non-hydrogen) atoms. The fourth-order valence-electron chi connectivity index (χ4n) is 2.26. The molecule has 2 N–H and O–H groups in total. The number of hydrogen-bond donors (Lipinski definition) is 2. The van der Waals surface area contributed by atoms with Gasteiger partial charge < -0.3 is 5.32 Å². The van der Waals surface area contributed by atoms with E-state index in [0.717, 1.165) is 11.1 Å². The molecule has 0 fully saturated rings. The molecular weight excluding hydrogens is 360 g/mol. The van der Waals surface area contributed by atoms with Crippen molar-refractivity contribution in [1.82, 2.24) is 4.72 Å². The van der Waals surface area contributed by atoms with Crippen LogP contribution in [-0.4, -0.2) is 20.9 Å². The predicted molar refractivity (Wildman–Crippen MR) is 100 cm³/mol. The normalized spacial score (nSPS) is 11.3. The molecule has 0 unspecified atom stereocenters. The highest BCUT2D eigenvalue weighted by Gasteiger charge is 2.12. The van der Waals surface area contributed by atoms with Gasteiger partial charge in [0.1, 0.15) is 0 Å². The Hall–Kier alpha value is -1.89. The van der Waals surface area contributed by atoms with Crippen molar-refractivity contribution >= 4 is 33.2 Å². The lowest BCUT2D eigenvalue weighted by atomic mass is 10.1. The average molecular weight is 381 g/mol. The Bertz CT molecular complexity index is 849. The van der Waals surface area contributed by atoms with Crippen LogP contribution in [0.2, 0.25) is 5.02 Å². The smallest absolute Gasteiger partial charge is 0.240 e. The Morgan fingerprint density at radius 2 is 1.80 bits per heavy atom. The SMILES string of the molecule is CCNS(=O)(=O)c1ccc(CCC(=O)Nc2ccc(C)c(Cl)c2)cc1. The predicted octanol–water partition coefficient (Wildman–Crippen LogP) is 3.52. The molecule has 0 aromatic heterocycles. The zero-order chi connectivity index (χ0) is 18.4. The minimum absolute atomic E-state index is 0.121. The highest BCUT2D eigenvalue weighted by Crippen LogP contribution is 2.20. The summed E-state index contributed by atoms with van der Waals surface area (Å²) in [7, 11) is -3.45. The number of anilines is 1. The van der Waals surface area contributed by atoms with Crippen LogP contribution in [0.25, 0.3) is 0 Å². The molecule has 0 saturated heterocycles. The first kappa shape index (κ1) is 19.4. The van der Waals surface area contributed by atoms with Crippen LogP contribution in [0.5, 0.6) is 0 Å². The number of amides is 1. The molecule has 0 aliphatic carbocycles. The van der Waals surface area contributed by atoms with Crippen LogP contribution in [0.4, 0.5) is 5.69 Å². The van der Waals surface area contributed by atoms with Crippen molar-refractivity contribution in [1.29, 1.82) is 0 Å². The number of benzene rings is 2. The summed E-state index contributed by atoms with van der Waals surface area (Å²) in [6.07, 6.45) is 0.817. The lowest BCUT2D eigenvalue weighted by Gasteiger charge is -2.08. The molecule has 0 saturated carbocycles. The van der Waals surface area contributed by atoms with Gasteiger partial charge in [-0.1, -0.05) is 36.7 Å². The lowest BCUT2D eigenvalue weighted by Crippen LogP contribution is -2.23. The second-order valence-electron chi connectivity index (χ2n) is 5.66. The van der Waals surface area contributed by atoms with Crippen molar-refractivity contribution in [2.45, 2.75) is 31.6 Å². The second kappa shape index (κ2) is 8.47. The third-order valence-corrected chi connectivity index (χ3v) is 5.63. The van der Waals surface area contributed by atoms with Crippen LogP contribution in [0.15, 0.2) is 47.4 Å². The summed E-state index contributed by atoms with van der Waals surface area (Å²) >= 11 is 6.04. The number of rotatable bonds is 7. The van der Waals surface area contributed by atoms with Gasteiger partial charge in [0.25, 0.3) is 0 Å². The molecule has 0 atom stereocenters. The van der Waals surface area contributed by atoms with Crippen LogP contribution in [0, 0.1) is 6.92 Å². The maximum atomic E-state index is 12.0. The van der Waals surface area contributed by atoms with E-state index in [4.69, 9.17) is 11.6 Å². The van der Waals surface area contributed by atoms with E-state index in [1.54, 1.807) is 43.3 Å². The average Bonchev–Trinajstić information content (AvgIpc) is 2.57. The summed E-state index contributed by atoms with van der Waals surface area (Å²) in [6.45, 7) is 3.97. The first-order chi connectivity index (χ1) is 11.8. The maximum absolute atomic E-state index is 12.0. The van der Waals surface area contributed by atoms with Crippen molar-refractivity contribution in [3.63, 3.8) is 0 Å². The summed E-state index contributed by atoms with van der Waals surface area (Å²) in [5, 5.41) is 3.41. The third kappa shape index (κ3) is 5.56. The van der Waals surface area contributed by atoms with Gasteiger partial charge in [0.15, 0.2) is 0 Å². The van der Waals surface area contributed by atoms with Crippen LogP contribution in [0.3, 0.4) is 0 Å². The molecule has 0 bridgehead atoms. The van der Waals surface area contributed by atoms with Crippen molar-refractivity contribution in [2.75, 3.05) is 11.9 Å². The number of carbonyl (C=O) groups is 1. The van der Waals surface area contributed by atoms with Crippen LogP contribution < -0.4 is 10.0 Å². The highest BCUT2D eigenvalue weighted by atomic mass is 35.5. The van der Waals surface area contributed by atoms with E-state index in [2.05, 4.69) is 10.0 Å². The first-order valence-corrected chi connectivity index (χ1v) is 9.82. The molecule has 2 aromatic carbocycles. The van der Waals surface area contributed by atoms with Crippen LogP contribution >= 0.6 is 11.6 Å². The lowest BCUT2D eigenvalue weighted by molar-refractivity contribution is -0.116. The molecule has 2 aromatic rings. The number of aryl methyl sites for hydroxylation is 2. The molecule has 0 aliphatic rings. The molecule has 134 valence electrons. The number of sulfonamides is 1. The standard InChI is InChI=1S/C18H21ClN2O3S/c1-3-20-25(23,24)16-9-5-14(6-10-16)7-11-18(22)21-15-8-4-13(2)17(19)12-15/h4-6,8-10,12,20H,3,7,11H2,1-2H3,(H,21,22). The first-order valence-electron chi connectivity index (χ1n) is 7.96. The Labute approximate surface area is 153 Å². The van der Waals surface area contributed by atoms with Gasteiger partial charge in [0, 0.05) is 23.7 Å². The van der Waals surface area contributed by atoms with Crippen molar-refractivity contribution in [3.05, 3.63) is 58.6 Å². The summed E-state index contributed by atoms with van der Waals surface area (Å²) in [4.78, 5) is 12.3. The zero-order valence-electron chi connectivity index (χ0n) is 14.2. The highest BCUT2D eigenvalue weighted by molar-refractivity contribution is 7.89. The summed E-state index contributed by atoms with van der Waals surface area (Å²) in [5.41, 5.74) is 2.51. The van der Waals surface area contributed by atoms with Gasteiger partial charge in [0.05, 0.1) is 4.90 Å². The third-order valence-electron chi connectivity index (χ3n) is 3.66. The fraction of sp³-hybridized carbons (Fsp3) is 0.278. The minimum atomic E-state index is -3.45. The summed E-state index contributed by atoms with van der Waals surface area (Å²) < 4.78 is 26.2. The molecule has 0 spiro atoms. The molecular formula is C18H21ClN2O3S. The molecule has 5 nitrogen and oxygen atoms in total. The molecule has 7 heteroatoms. The van der Waals surface area contributed by atoms with Gasteiger partial charge in [-0.15, -0.1) is 0 Å². The Morgan fingerprint density at radius 1 is 1.12 bits per heavy atom. The quantitative estimate of drug-likeness (QED) is 0.771. The molecule has 1 amide bonds. The Balaban J connectivity index is 1.92. The summed E-state index contributed by atoms with van der Waals surface area (Å²) in [5.74, 6) is -0.121.